The van der Waals surface area contributed by atoms with Crippen molar-refractivity contribution < 1.29 is 4.74 Å². The lowest BCUT2D eigenvalue weighted by Crippen LogP contribution is -2.23. The van der Waals surface area contributed by atoms with Crippen molar-refractivity contribution in [2.75, 3.05) is 12.0 Å². The summed E-state index contributed by atoms with van der Waals surface area (Å²) in [4.78, 5) is 11.5. The van der Waals surface area contributed by atoms with Gasteiger partial charge in [0.1, 0.15) is 17.9 Å². The number of hydrogen-bond donors (Lipinski definition) is 0. The number of benzene rings is 3. The number of fused-ring (bicyclic) bond motifs is 1. The maximum atomic E-state index is 5.28. The van der Waals surface area contributed by atoms with Gasteiger partial charge < -0.3 is 9.64 Å². The minimum absolute atomic E-state index is 0.732. The van der Waals surface area contributed by atoms with Gasteiger partial charge in [-0.2, -0.15) is 5.10 Å². The second kappa shape index (κ2) is 8.89. The first-order chi connectivity index (χ1) is 15.8. The summed E-state index contributed by atoms with van der Waals surface area (Å²) in [6.07, 6.45) is 3.46. The third kappa shape index (κ3) is 4.03. The summed E-state index contributed by atoms with van der Waals surface area (Å²) in [5.41, 5.74) is 4.13. The fourth-order valence-corrected chi connectivity index (χ4v) is 3.81. The Kier molecular flexibility index (Phi) is 5.49. The van der Waals surface area contributed by atoms with Gasteiger partial charge in [0.15, 0.2) is 5.65 Å². The topological polar surface area (TPSA) is 56.1 Å². The highest BCUT2D eigenvalue weighted by molar-refractivity contribution is 5.87. The number of aromatic nitrogens is 4. The summed E-state index contributed by atoms with van der Waals surface area (Å²) in [5.74, 6) is 1.67. The van der Waals surface area contributed by atoms with Crippen molar-refractivity contribution in [2.45, 2.75) is 13.1 Å². The average Bonchev–Trinajstić information content (AvgIpc) is 3.29. The molecule has 0 unspecified atom stereocenters. The molecule has 6 nitrogen and oxygen atoms in total. The normalized spacial score (nSPS) is 10.9. The third-order valence-corrected chi connectivity index (χ3v) is 5.39. The summed E-state index contributed by atoms with van der Waals surface area (Å²) >= 11 is 0. The van der Waals surface area contributed by atoms with Crippen molar-refractivity contribution in [3.63, 3.8) is 0 Å². The Morgan fingerprint density at radius 1 is 0.781 bits per heavy atom. The molecule has 0 aliphatic heterocycles. The molecule has 5 rings (SSSR count). The monoisotopic (exact) mass is 421 g/mol. The number of nitrogens with zero attached hydrogens (tertiary/aromatic N) is 5. The molecule has 6 heteroatoms. The largest absolute Gasteiger partial charge is 0.497 e. The third-order valence-electron chi connectivity index (χ3n) is 5.39. The minimum Gasteiger partial charge on any atom is -0.497 e. The van der Waals surface area contributed by atoms with Crippen LogP contribution in [0.4, 0.5) is 5.82 Å². The Hall–Kier alpha value is -4.19. The number of ether oxygens (including phenoxy) is 1. The molecule has 5 aromatic rings. The van der Waals surface area contributed by atoms with Crippen LogP contribution >= 0.6 is 0 Å². The van der Waals surface area contributed by atoms with Crippen LogP contribution in [0.3, 0.4) is 0 Å². The van der Waals surface area contributed by atoms with Crippen LogP contribution in [0, 0.1) is 0 Å². The van der Waals surface area contributed by atoms with E-state index in [1.807, 2.05) is 47.3 Å². The lowest BCUT2D eigenvalue weighted by Gasteiger charge is -2.24. The van der Waals surface area contributed by atoms with E-state index in [1.54, 1.807) is 13.4 Å². The van der Waals surface area contributed by atoms with Crippen molar-refractivity contribution in [1.29, 1.82) is 0 Å². The average molecular weight is 422 g/mol. The predicted molar refractivity (Wildman–Crippen MR) is 126 cm³/mol. The van der Waals surface area contributed by atoms with Gasteiger partial charge in [0.05, 0.1) is 24.4 Å². The van der Waals surface area contributed by atoms with Crippen LogP contribution < -0.4 is 9.64 Å². The smallest absolute Gasteiger partial charge is 0.168 e. The maximum Gasteiger partial charge on any atom is 0.168 e. The van der Waals surface area contributed by atoms with Gasteiger partial charge in [-0.05, 0) is 35.4 Å². The van der Waals surface area contributed by atoms with E-state index in [4.69, 9.17) is 4.74 Å². The van der Waals surface area contributed by atoms with Gasteiger partial charge in [-0.25, -0.2) is 14.6 Å². The zero-order valence-electron chi connectivity index (χ0n) is 17.8. The number of rotatable bonds is 7. The van der Waals surface area contributed by atoms with Gasteiger partial charge in [-0.15, -0.1) is 0 Å². The van der Waals surface area contributed by atoms with Crippen molar-refractivity contribution in [2.24, 2.45) is 0 Å². The first kappa shape index (κ1) is 19.8. The van der Waals surface area contributed by atoms with Crippen molar-refractivity contribution >= 4 is 16.9 Å². The Labute approximate surface area is 186 Å². The van der Waals surface area contributed by atoms with Gasteiger partial charge >= 0.3 is 0 Å². The molecule has 2 heterocycles. The van der Waals surface area contributed by atoms with E-state index in [2.05, 4.69) is 68.5 Å². The molecule has 0 atom stereocenters. The zero-order chi connectivity index (χ0) is 21.8. The quantitative estimate of drug-likeness (QED) is 0.369. The van der Waals surface area contributed by atoms with Gasteiger partial charge in [0.25, 0.3) is 0 Å². The molecular formula is C26H23N5O. The molecule has 0 saturated carbocycles. The fourth-order valence-electron chi connectivity index (χ4n) is 3.81. The first-order valence-corrected chi connectivity index (χ1v) is 10.5. The molecule has 0 bridgehead atoms. The second-order valence-corrected chi connectivity index (χ2v) is 7.52. The second-order valence-electron chi connectivity index (χ2n) is 7.52. The summed E-state index contributed by atoms with van der Waals surface area (Å²) in [6, 6.07) is 28.6. The first-order valence-electron chi connectivity index (χ1n) is 10.5. The van der Waals surface area contributed by atoms with E-state index in [0.29, 0.717) is 0 Å². The predicted octanol–water partition coefficient (Wildman–Crippen LogP) is 5.03. The van der Waals surface area contributed by atoms with Gasteiger partial charge in [-0.3, -0.25) is 0 Å². The van der Waals surface area contributed by atoms with Crippen LogP contribution in [0.25, 0.3) is 16.7 Å². The maximum absolute atomic E-state index is 5.28. The molecule has 0 N–H and O–H groups in total. The Morgan fingerprint density at radius 2 is 1.41 bits per heavy atom. The van der Waals surface area contributed by atoms with Crippen LogP contribution in [0.15, 0.2) is 97.5 Å². The fraction of sp³-hybridized carbons (Fsp3) is 0.115. The highest BCUT2D eigenvalue weighted by Crippen LogP contribution is 2.27. The SMILES string of the molecule is COc1ccc(-n2ncc3c(N(Cc4ccccc4)Cc4ccccc4)ncnc32)cc1. The Balaban J connectivity index is 1.56. The van der Waals surface area contributed by atoms with E-state index in [0.717, 1.165) is 41.4 Å². The van der Waals surface area contributed by atoms with Gasteiger partial charge in [0.2, 0.25) is 0 Å². The molecule has 3 aromatic carbocycles. The Morgan fingerprint density at radius 3 is 2.00 bits per heavy atom. The lowest BCUT2D eigenvalue weighted by atomic mass is 10.1. The number of methoxy groups -OCH3 is 1. The number of anilines is 1. The summed E-state index contributed by atoms with van der Waals surface area (Å²) in [5, 5.41) is 5.54. The minimum atomic E-state index is 0.732. The van der Waals surface area contributed by atoms with Crippen LogP contribution in [0.5, 0.6) is 5.75 Å². The molecule has 32 heavy (non-hydrogen) atoms. The van der Waals surface area contributed by atoms with E-state index in [1.165, 1.54) is 11.1 Å². The lowest BCUT2D eigenvalue weighted by molar-refractivity contribution is 0.414. The molecule has 0 spiro atoms. The van der Waals surface area contributed by atoms with Crippen molar-refractivity contribution in [3.8, 4) is 11.4 Å². The molecule has 0 saturated heterocycles. The molecule has 158 valence electrons. The van der Waals surface area contributed by atoms with Crippen LogP contribution in [0.1, 0.15) is 11.1 Å². The number of hydrogen-bond acceptors (Lipinski definition) is 5. The highest BCUT2D eigenvalue weighted by atomic mass is 16.5. The van der Waals surface area contributed by atoms with E-state index in [9.17, 15) is 0 Å². The van der Waals surface area contributed by atoms with Crippen LogP contribution in [-0.4, -0.2) is 26.9 Å². The molecule has 2 aromatic heterocycles. The van der Waals surface area contributed by atoms with Gasteiger partial charge in [0, 0.05) is 13.1 Å². The molecule has 0 aliphatic carbocycles. The van der Waals surface area contributed by atoms with Crippen molar-refractivity contribution in [3.05, 3.63) is 109 Å². The van der Waals surface area contributed by atoms with E-state index in [-0.39, 0.29) is 0 Å². The standard InChI is InChI=1S/C26H23N5O/c1-32-23-14-12-22(13-15-23)31-26-24(16-29-31)25(27-19-28-26)30(17-20-8-4-2-5-9-20)18-21-10-6-3-7-11-21/h2-16,19H,17-18H2,1H3. The Bertz CT molecular complexity index is 1260. The summed E-state index contributed by atoms with van der Waals surface area (Å²) in [6.45, 7) is 1.46. The van der Waals surface area contributed by atoms with E-state index >= 15 is 0 Å². The van der Waals surface area contributed by atoms with Crippen LogP contribution in [0.2, 0.25) is 0 Å². The molecule has 0 radical (unpaired) electrons. The van der Waals surface area contributed by atoms with Crippen molar-refractivity contribution in [1.82, 2.24) is 19.7 Å². The molecule has 0 aliphatic rings. The molecule has 0 fully saturated rings. The highest BCUT2D eigenvalue weighted by Gasteiger charge is 2.17. The summed E-state index contributed by atoms with van der Waals surface area (Å²) in [7, 11) is 1.66. The summed E-state index contributed by atoms with van der Waals surface area (Å²) < 4.78 is 7.11. The zero-order valence-corrected chi connectivity index (χ0v) is 17.8. The van der Waals surface area contributed by atoms with Crippen LogP contribution in [-0.2, 0) is 13.1 Å². The van der Waals surface area contributed by atoms with E-state index < -0.39 is 0 Å². The molecular weight excluding hydrogens is 398 g/mol. The van der Waals surface area contributed by atoms with Gasteiger partial charge in [-0.1, -0.05) is 60.7 Å². The molecule has 0 amide bonds.